The van der Waals surface area contributed by atoms with E-state index in [0.29, 0.717) is 5.92 Å². The van der Waals surface area contributed by atoms with Gasteiger partial charge < -0.3 is 5.32 Å². The molecule has 0 amide bonds. The van der Waals surface area contributed by atoms with Crippen molar-refractivity contribution in [2.75, 3.05) is 11.9 Å². The summed E-state index contributed by atoms with van der Waals surface area (Å²) in [6.07, 6.45) is 0. The molecule has 88 valence electrons. The minimum absolute atomic E-state index is 0.612. The number of rotatable bonds is 1. The average Bonchev–Trinajstić information content (AvgIpc) is 2.72. The minimum Gasteiger partial charge on any atom is -0.354 e. The Balaban J connectivity index is 2.11. The summed E-state index contributed by atoms with van der Waals surface area (Å²) >= 11 is 0. The number of aromatic nitrogens is 3. The smallest absolute Gasteiger partial charge is 0.224 e. The van der Waals surface area contributed by atoms with E-state index in [1.165, 1.54) is 11.1 Å². The van der Waals surface area contributed by atoms with Crippen LogP contribution >= 0.6 is 0 Å². The largest absolute Gasteiger partial charge is 0.354 e. The third-order valence-electron chi connectivity index (χ3n) is 3.24. The van der Waals surface area contributed by atoms with E-state index < -0.39 is 0 Å². The van der Waals surface area contributed by atoms with Crippen LogP contribution in [0.25, 0.3) is 11.4 Å². The molecule has 0 spiro atoms. The summed E-state index contributed by atoms with van der Waals surface area (Å²) in [5, 5.41) is 11.8. The molecule has 3 rings (SSSR count). The Labute approximate surface area is 101 Å². The summed E-state index contributed by atoms with van der Waals surface area (Å²) in [6.45, 7) is 6.30. The van der Waals surface area contributed by atoms with Crippen molar-refractivity contribution >= 4 is 5.95 Å². The zero-order valence-corrected chi connectivity index (χ0v) is 10.1. The van der Waals surface area contributed by atoms with Crippen LogP contribution in [-0.2, 0) is 6.54 Å². The first kappa shape index (κ1) is 10.3. The monoisotopic (exact) mass is 228 g/mol. The zero-order valence-electron chi connectivity index (χ0n) is 10.1. The highest BCUT2D eigenvalue weighted by Gasteiger charge is 2.20. The lowest BCUT2D eigenvalue weighted by Gasteiger charge is -2.22. The van der Waals surface area contributed by atoms with Gasteiger partial charge in [-0.2, -0.15) is 0 Å². The van der Waals surface area contributed by atoms with E-state index in [9.17, 15) is 0 Å². The van der Waals surface area contributed by atoms with Gasteiger partial charge in [-0.15, -0.1) is 10.2 Å². The lowest BCUT2D eigenvalue weighted by molar-refractivity contribution is 0.480. The molecule has 0 saturated heterocycles. The van der Waals surface area contributed by atoms with E-state index in [4.69, 9.17) is 0 Å². The van der Waals surface area contributed by atoms with Crippen molar-refractivity contribution in [2.24, 2.45) is 5.92 Å². The van der Waals surface area contributed by atoms with Crippen LogP contribution in [0, 0.1) is 12.8 Å². The highest BCUT2D eigenvalue weighted by Crippen LogP contribution is 2.26. The molecule has 1 aliphatic heterocycles. The molecule has 0 bridgehead atoms. The number of fused-ring (bicyclic) bond motifs is 1. The Bertz CT molecular complexity index is 544. The number of hydrogen-bond donors (Lipinski definition) is 1. The van der Waals surface area contributed by atoms with Gasteiger partial charge in [0.05, 0.1) is 0 Å². The van der Waals surface area contributed by atoms with Crippen molar-refractivity contribution in [3.63, 3.8) is 0 Å². The highest BCUT2D eigenvalue weighted by atomic mass is 15.4. The molecule has 1 aromatic heterocycles. The van der Waals surface area contributed by atoms with Gasteiger partial charge in [-0.25, -0.2) is 0 Å². The highest BCUT2D eigenvalue weighted by molar-refractivity contribution is 5.61. The fraction of sp³-hybridized carbons (Fsp3) is 0.385. The van der Waals surface area contributed by atoms with E-state index in [1.54, 1.807) is 0 Å². The molecule has 0 aliphatic carbocycles. The number of anilines is 1. The topological polar surface area (TPSA) is 42.7 Å². The first-order chi connectivity index (χ1) is 8.25. The van der Waals surface area contributed by atoms with Gasteiger partial charge in [0.25, 0.3) is 0 Å². The minimum atomic E-state index is 0.612. The van der Waals surface area contributed by atoms with Crippen molar-refractivity contribution in [1.29, 1.82) is 0 Å². The first-order valence-electron chi connectivity index (χ1n) is 5.99. The molecular weight excluding hydrogens is 212 g/mol. The van der Waals surface area contributed by atoms with Crippen molar-refractivity contribution in [1.82, 2.24) is 14.8 Å². The number of nitrogens with one attached hydrogen (secondary N) is 1. The lowest BCUT2D eigenvalue weighted by atomic mass is 10.1. The van der Waals surface area contributed by atoms with Crippen molar-refractivity contribution in [2.45, 2.75) is 20.4 Å². The maximum Gasteiger partial charge on any atom is 0.224 e. The Kier molecular flexibility index (Phi) is 2.35. The molecule has 2 heterocycles. The van der Waals surface area contributed by atoms with Gasteiger partial charge in [-0.3, -0.25) is 4.57 Å². The van der Waals surface area contributed by atoms with Crippen LogP contribution < -0.4 is 5.32 Å². The van der Waals surface area contributed by atoms with Gasteiger partial charge in [-0.05, 0) is 18.4 Å². The molecule has 1 unspecified atom stereocenters. The van der Waals surface area contributed by atoms with E-state index in [-0.39, 0.29) is 0 Å². The second kappa shape index (κ2) is 3.87. The molecule has 0 radical (unpaired) electrons. The number of aryl methyl sites for hydroxylation is 1. The second-order valence-corrected chi connectivity index (χ2v) is 4.76. The Morgan fingerprint density at radius 2 is 2.12 bits per heavy atom. The quantitative estimate of drug-likeness (QED) is 0.814. The predicted molar refractivity (Wildman–Crippen MR) is 67.8 cm³/mol. The van der Waals surface area contributed by atoms with Crippen molar-refractivity contribution in [3.8, 4) is 11.4 Å². The summed E-state index contributed by atoms with van der Waals surface area (Å²) in [6, 6.07) is 8.30. The van der Waals surface area contributed by atoms with Crippen LogP contribution in [0.3, 0.4) is 0 Å². The van der Waals surface area contributed by atoms with Gasteiger partial charge in [0.15, 0.2) is 5.82 Å². The zero-order chi connectivity index (χ0) is 11.8. The molecule has 1 aromatic carbocycles. The molecule has 2 aromatic rings. The van der Waals surface area contributed by atoms with Crippen molar-refractivity contribution in [3.05, 3.63) is 29.8 Å². The SMILES string of the molecule is Cc1ccccc1-c1nnc2n1CC(C)CN2. The molecule has 4 heteroatoms. The van der Waals surface area contributed by atoms with Crippen LogP contribution in [0.1, 0.15) is 12.5 Å². The van der Waals surface area contributed by atoms with E-state index in [0.717, 1.165) is 24.9 Å². The third kappa shape index (κ3) is 1.69. The second-order valence-electron chi connectivity index (χ2n) is 4.76. The van der Waals surface area contributed by atoms with Gasteiger partial charge in [0.2, 0.25) is 5.95 Å². The summed E-state index contributed by atoms with van der Waals surface area (Å²) in [5.74, 6) is 2.47. The Morgan fingerprint density at radius 3 is 2.94 bits per heavy atom. The number of benzene rings is 1. The fourth-order valence-corrected chi connectivity index (χ4v) is 2.27. The van der Waals surface area contributed by atoms with Gasteiger partial charge in [0.1, 0.15) is 0 Å². The summed E-state index contributed by atoms with van der Waals surface area (Å²) < 4.78 is 2.18. The standard InChI is InChI=1S/C13H16N4/c1-9-7-14-13-16-15-12(17(13)8-9)11-6-4-3-5-10(11)2/h3-6,9H,7-8H2,1-2H3,(H,14,16). The summed E-state index contributed by atoms with van der Waals surface area (Å²) in [4.78, 5) is 0. The normalized spacial score (nSPS) is 18.6. The third-order valence-corrected chi connectivity index (χ3v) is 3.24. The Morgan fingerprint density at radius 1 is 1.29 bits per heavy atom. The van der Waals surface area contributed by atoms with Gasteiger partial charge in [-0.1, -0.05) is 31.2 Å². The number of hydrogen-bond acceptors (Lipinski definition) is 3. The van der Waals surface area contributed by atoms with E-state index in [1.807, 2.05) is 12.1 Å². The Hall–Kier alpha value is -1.84. The molecule has 1 N–H and O–H groups in total. The van der Waals surface area contributed by atoms with Crippen LogP contribution in [0.2, 0.25) is 0 Å². The maximum atomic E-state index is 4.31. The summed E-state index contributed by atoms with van der Waals surface area (Å²) in [5.41, 5.74) is 2.41. The predicted octanol–water partition coefficient (Wildman–Crippen LogP) is 2.32. The van der Waals surface area contributed by atoms with Gasteiger partial charge in [0, 0.05) is 18.7 Å². The first-order valence-corrected chi connectivity index (χ1v) is 5.99. The van der Waals surface area contributed by atoms with Crippen LogP contribution in [0.15, 0.2) is 24.3 Å². The average molecular weight is 228 g/mol. The molecule has 1 atom stereocenters. The van der Waals surface area contributed by atoms with Crippen LogP contribution in [0.4, 0.5) is 5.95 Å². The van der Waals surface area contributed by atoms with Gasteiger partial charge >= 0.3 is 0 Å². The summed E-state index contributed by atoms with van der Waals surface area (Å²) in [7, 11) is 0. The molecule has 1 aliphatic rings. The molecular formula is C13H16N4. The molecule has 4 nitrogen and oxygen atoms in total. The van der Waals surface area contributed by atoms with Crippen molar-refractivity contribution < 1.29 is 0 Å². The fourth-order valence-electron chi connectivity index (χ4n) is 2.27. The molecule has 0 fully saturated rings. The lowest BCUT2D eigenvalue weighted by Crippen LogP contribution is -2.25. The molecule has 0 saturated carbocycles. The van der Waals surface area contributed by atoms with Crippen LogP contribution in [0.5, 0.6) is 0 Å². The van der Waals surface area contributed by atoms with Crippen LogP contribution in [-0.4, -0.2) is 21.3 Å². The number of nitrogens with zero attached hydrogens (tertiary/aromatic N) is 3. The molecule has 17 heavy (non-hydrogen) atoms. The van der Waals surface area contributed by atoms with E-state index >= 15 is 0 Å². The van der Waals surface area contributed by atoms with E-state index in [2.05, 4.69) is 46.1 Å². The maximum absolute atomic E-state index is 4.31.